The van der Waals surface area contributed by atoms with E-state index in [-0.39, 0.29) is 29.9 Å². The highest BCUT2D eigenvalue weighted by Crippen LogP contribution is 2.33. The number of aryl methyl sites for hydroxylation is 1. The lowest BCUT2D eigenvalue weighted by molar-refractivity contribution is -0.121. The summed E-state index contributed by atoms with van der Waals surface area (Å²) in [5, 5.41) is 15.2. The number of fused-ring (bicyclic) bond motifs is 1. The van der Waals surface area contributed by atoms with E-state index < -0.39 is 11.6 Å². The zero-order valence-electron chi connectivity index (χ0n) is 24.9. The first kappa shape index (κ1) is 34.2. The summed E-state index contributed by atoms with van der Waals surface area (Å²) in [7, 11) is 5.03. The molecule has 3 rings (SSSR count). The second-order valence-electron chi connectivity index (χ2n) is 11.2. The number of thioether (sulfide) groups is 1. The maximum Gasteiger partial charge on any atom is 0.342 e. The maximum atomic E-state index is 12.5. The van der Waals surface area contributed by atoms with Gasteiger partial charge in [0.2, 0.25) is 11.8 Å². The molecule has 1 aromatic rings. The molecule has 0 bridgehead atoms. The van der Waals surface area contributed by atoms with Crippen LogP contribution < -0.4 is 26.6 Å². The quantitative estimate of drug-likeness (QED) is 0.0743. The van der Waals surface area contributed by atoms with E-state index in [2.05, 4.69) is 31.6 Å². The summed E-state index contributed by atoms with van der Waals surface area (Å²) >= 11 is 1.90. The molecule has 42 heavy (non-hydrogen) atoms. The normalized spacial score (nSPS) is 19.4. The molecule has 3 heterocycles. The van der Waals surface area contributed by atoms with Gasteiger partial charge in [-0.15, -0.1) is 0 Å². The Morgan fingerprint density at radius 3 is 2.43 bits per heavy atom. The van der Waals surface area contributed by atoms with Crippen molar-refractivity contribution in [2.45, 2.75) is 82.2 Å². The Balaban J connectivity index is 1.18. The Kier molecular flexibility index (Phi) is 13.9. The van der Waals surface area contributed by atoms with Crippen LogP contribution in [0.3, 0.4) is 0 Å². The van der Waals surface area contributed by atoms with Gasteiger partial charge in [-0.25, -0.2) is 14.6 Å². The Labute approximate surface area is 260 Å². The van der Waals surface area contributed by atoms with E-state index >= 15 is 0 Å². The van der Waals surface area contributed by atoms with Gasteiger partial charge in [-0.05, 0) is 51.7 Å². The van der Waals surface area contributed by atoms with Crippen LogP contribution in [0, 0.1) is 0 Å². The molecule has 11 nitrogen and oxygen atoms in total. The summed E-state index contributed by atoms with van der Waals surface area (Å²) in [5.74, 6) is 2.54. The van der Waals surface area contributed by atoms with Crippen molar-refractivity contribution in [3.63, 3.8) is 0 Å². The highest BCUT2D eigenvalue weighted by Gasteiger charge is 2.42. The number of amides is 4. The van der Waals surface area contributed by atoms with Crippen LogP contribution in [0.4, 0.5) is 10.6 Å². The molecule has 0 spiro atoms. The van der Waals surface area contributed by atoms with Crippen molar-refractivity contribution in [1.29, 1.82) is 0 Å². The van der Waals surface area contributed by atoms with E-state index in [0.717, 1.165) is 42.1 Å². The number of pyridine rings is 1. The molecule has 1 aromatic heterocycles. The molecule has 4 amide bonds. The summed E-state index contributed by atoms with van der Waals surface area (Å²) in [6, 6.07) is 2.13. The summed E-state index contributed by atoms with van der Waals surface area (Å²) in [4.78, 5) is 52.7. The largest absolute Gasteiger partial charge is 0.456 e. The fourth-order valence-corrected chi connectivity index (χ4v) is 7.98. The number of urea groups is 1. The number of rotatable bonds is 17. The number of nitrogens with one attached hydrogen (secondary N) is 5. The number of nitrogens with zero attached hydrogens (tertiary/aromatic N) is 1. The molecule has 14 heteroatoms. The van der Waals surface area contributed by atoms with Crippen LogP contribution in [0.5, 0.6) is 0 Å². The average molecular weight is 641 g/mol. The van der Waals surface area contributed by atoms with Gasteiger partial charge in [-0.1, -0.05) is 28.0 Å². The molecular formula is C28H44N6O5S3. The minimum atomic E-state index is -0.614. The first-order chi connectivity index (χ1) is 20.1. The molecule has 3 unspecified atom stereocenters. The summed E-state index contributed by atoms with van der Waals surface area (Å²) in [6.07, 6.45) is 5.80. The third-order valence-corrected chi connectivity index (χ3v) is 10.5. The van der Waals surface area contributed by atoms with Gasteiger partial charge < -0.3 is 31.3 Å². The Hall–Kier alpha value is -2.32. The highest BCUT2D eigenvalue weighted by atomic mass is 33.1. The first-order valence-electron chi connectivity index (χ1n) is 14.4. The highest BCUT2D eigenvalue weighted by molar-refractivity contribution is 8.76. The molecular weight excluding hydrogens is 597 g/mol. The summed E-state index contributed by atoms with van der Waals surface area (Å²) < 4.78 is 5.47. The third kappa shape index (κ3) is 11.8. The Bertz CT molecular complexity index is 1090. The second-order valence-corrected chi connectivity index (χ2v) is 15.2. The molecule has 0 aliphatic carbocycles. The van der Waals surface area contributed by atoms with Crippen LogP contribution in [0.2, 0.25) is 0 Å². The van der Waals surface area contributed by atoms with Crippen molar-refractivity contribution >= 4 is 63.0 Å². The van der Waals surface area contributed by atoms with Gasteiger partial charge in [0, 0.05) is 61.7 Å². The van der Waals surface area contributed by atoms with Crippen LogP contribution in [-0.4, -0.2) is 89.1 Å². The molecule has 0 radical (unpaired) electrons. The van der Waals surface area contributed by atoms with Crippen molar-refractivity contribution in [2.24, 2.45) is 0 Å². The number of esters is 1. The molecule has 234 valence electrons. The number of hydrogen-bond acceptors (Lipinski definition) is 10. The van der Waals surface area contributed by atoms with E-state index in [1.54, 1.807) is 40.9 Å². The van der Waals surface area contributed by atoms with E-state index in [1.165, 1.54) is 0 Å². The van der Waals surface area contributed by atoms with Crippen LogP contribution in [0.15, 0.2) is 12.3 Å². The Morgan fingerprint density at radius 2 is 1.76 bits per heavy atom. The van der Waals surface area contributed by atoms with Gasteiger partial charge >= 0.3 is 12.0 Å². The third-order valence-electron chi connectivity index (χ3n) is 6.62. The lowest BCUT2D eigenvalue weighted by Gasteiger charge is -2.20. The topological polar surface area (TPSA) is 151 Å². The van der Waals surface area contributed by atoms with Gasteiger partial charge in [-0.2, -0.15) is 11.8 Å². The fraction of sp³-hybridized carbons (Fsp3) is 0.679. The van der Waals surface area contributed by atoms with Gasteiger partial charge in [0.15, 0.2) is 0 Å². The fourth-order valence-electron chi connectivity index (χ4n) is 4.62. The number of anilines is 1. The predicted molar refractivity (Wildman–Crippen MR) is 172 cm³/mol. The zero-order valence-corrected chi connectivity index (χ0v) is 27.3. The number of carbonyl (C=O) groups is 4. The SMILES string of the molecule is CNc1ncc(CCC(=O)NCCSSCCNC(=O)CCCCC2SCC3NC(=O)NC32)cc1C(=O)OC(C)(C)C. The number of hydrogen-bond donors (Lipinski definition) is 5. The van der Waals surface area contributed by atoms with Gasteiger partial charge in [0.05, 0.1) is 12.1 Å². The van der Waals surface area contributed by atoms with E-state index in [0.29, 0.717) is 49.0 Å². The molecule has 2 aliphatic heterocycles. The van der Waals surface area contributed by atoms with Crippen molar-refractivity contribution in [2.75, 3.05) is 42.7 Å². The number of unbranched alkanes of at least 4 members (excludes halogenated alkanes) is 1. The van der Waals surface area contributed by atoms with Gasteiger partial charge in [0.1, 0.15) is 17.0 Å². The van der Waals surface area contributed by atoms with Crippen LogP contribution in [-0.2, 0) is 20.7 Å². The van der Waals surface area contributed by atoms with Crippen LogP contribution in [0.25, 0.3) is 0 Å². The smallest absolute Gasteiger partial charge is 0.342 e. The first-order valence-corrected chi connectivity index (χ1v) is 18.0. The standard InChI is InChI=1S/C28H44N6O5S3/c1-28(2,3)39-26(37)19-15-18(16-32-25(19)29-4)9-10-23(36)31-12-14-42-41-13-11-30-22(35)8-6-5-7-21-24-20(17-40-21)33-27(38)34-24/h15-16,20-21,24H,5-14,17H2,1-4H3,(H,29,32)(H,30,35)(H,31,36)(H2,33,34,38). The van der Waals surface area contributed by atoms with Crippen LogP contribution in [0.1, 0.15) is 68.8 Å². The van der Waals surface area contributed by atoms with Crippen molar-refractivity contribution in [3.8, 4) is 0 Å². The molecule has 2 aliphatic rings. The minimum absolute atomic E-state index is 0.0552. The van der Waals surface area contributed by atoms with Crippen molar-refractivity contribution in [1.82, 2.24) is 26.3 Å². The molecule has 0 aromatic carbocycles. The number of carbonyl (C=O) groups excluding carboxylic acids is 4. The molecule has 5 N–H and O–H groups in total. The molecule has 3 atom stereocenters. The van der Waals surface area contributed by atoms with Gasteiger partial charge in [-0.3, -0.25) is 9.59 Å². The van der Waals surface area contributed by atoms with Crippen molar-refractivity contribution < 1.29 is 23.9 Å². The second kappa shape index (κ2) is 17.1. The number of aromatic nitrogens is 1. The monoisotopic (exact) mass is 640 g/mol. The average Bonchev–Trinajstić information content (AvgIpc) is 3.49. The van der Waals surface area contributed by atoms with Crippen LogP contribution >= 0.6 is 33.3 Å². The van der Waals surface area contributed by atoms with E-state index in [1.807, 2.05) is 32.5 Å². The predicted octanol–water partition coefficient (Wildman–Crippen LogP) is 3.35. The van der Waals surface area contributed by atoms with Crippen molar-refractivity contribution in [3.05, 3.63) is 23.4 Å². The van der Waals surface area contributed by atoms with E-state index in [9.17, 15) is 19.2 Å². The molecule has 2 fully saturated rings. The summed E-state index contributed by atoms with van der Waals surface area (Å²) in [6.45, 7) is 6.62. The molecule has 0 saturated carbocycles. The Morgan fingerprint density at radius 1 is 1.07 bits per heavy atom. The summed E-state index contributed by atoms with van der Waals surface area (Å²) in [5.41, 5.74) is 0.530. The molecule has 2 saturated heterocycles. The zero-order chi connectivity index (χ0) is 30.5. The maximum absolute atomic E-state index is 12.5. The van der Waals surface area contributed by atoms with Gasteiger partial charge in [0.25, 0.3) is 0 Å². The lowest BCUT2D eigenvalue weighted by atomic mass is 10.0. The minimum Gasteiger partial charge on any atom is -0.456 e. The lowest BCUT2D eigenvalue weighted by Crippen LogP contribution is -2.36. The van der Waals surface area contributed by atoms with E-state index in [4.69, 9.17) is 4.74 Å². The number of ether oxygens (including phenoxy) is 1.